The largest absolute Gasteiger partial charge is 0.332 e. The minimum absolute atomic E-state index is 0.156. The van der Waals surface area contributed by atoms with Crippen LogP contribution in [0.1, 0.15) is 32.0 Å². The van der Waals surface area contributed by atoms with Crippen molar-refractivity contribution in [3.05, 3.63) is 12.0 Å². The molecule has 2 N–H and O–H groups in total. The van der Waals surface area contributed by atoms with Crippen LogP contribution in [0.15, 0.2) is 11.2 Å². The van der Waals surface area contributed by atoms with Crippen molar-refractivity contribution < 1.29 is 8.42 Å². The van der Waals surface area contributed by atoms with Gasteiger partial charge in [0, 0.05) is 17.8 Å². The zero-order valence-electron chi connectivity index (χ0n) is 10.3. The molecule has 2 unspecified atom stereocenters. The molecule has 2 atom stereocenters. The highest BCUT2D eigenvalue weighted by Crippen LogP contribution is 2.31. The van der Waals surface area contributed by atoms with Gasteiger partial charge in [-0.1, -0.05) is 29.3 Å². The molecule has 1 fully saturated rings. The van der Waals surface area contributed by atoms with Gasteiger partial charge in [0.2, 0.25) is 0 Å². The van der Waals surface area contributed by atoms with Crippen molar-refractivity contribution >= 4 is 26.0 Å². The Morgan fingerprint density at radius 2 is 2.33 bits per heavy atom. The molecule has 1 aromatic rings. The van der Waals surface area contributed by atoms with Gasteiger partial charge in [0.05, 0.1) is 6.20 Å². The zero-order valence-corrected chi connectivity index (χ0v) is 12.7. The van der Waals surface area contributed by atoms with Gasteiger partial charge in [-0.3, -0.25) is 0 Å². The van der Waals surface area contributed by atoms with Crippen molar-refractivity contribution in [2.45, 2.75) is 42.5 Å². The lowest BCUT2D eigenvalue weighted by molar-refractivity contribution is 0.528. The third-order valence-corrected chi connectivity index (χ3v) is 5.87. The summed E-state index contributed by atoms with van der Waals surface area (Å²) in [4.78, 5) is 7.25. The lowest BCUT2D eigenvalue weighted by atomic mass is 10.1. The molecule has 0 aliphatic heterocycles. The van der Waals surface area contributed by atoms with E-state index in [-0.39, 0.29) is 5.03 Å². The fraction of sp³-hybridized carbons (Fsp3) is 0.727. The lowest BCUT2D eigenvalue weighted by Crippen LogP contribution is -2.31. The summed E-state index contributed by atoms with van der Waals surface area (Å²) in [6.45, 7) is 2.41. The second-order valence-electron chi connectivity index (χ2n) is 4.61. The topological polar surface area (TPSA) is 74.8 Å². The Balaban J connectivity index is 1.98. The molecule has 7 heteroatoms. The number of H-pyrrole nitrogens is 1. The fourth-order valence-corrected chi connectivity index (χ4v) is 3.98. The average Bonchev–Trinajstić information content (AvgIpc) is 2.95. The molecule has 0 saturated heterocycles. The van der Waals surface area contributed by atoms with Crippen LogP contribution in [0.2, 0.25) is 0 Å². The summed E-state index contributed by atoms with van der Waals surface area (Å²) in [5, 5.41) is 0.156. The van der Waals surface area contributed by atoms with E-state index >= 15 is 0 Å². The summed E-state index contributed by atoms with van der Waals surface area (Å²) in [7, 11) is -3.45. The van der Waals surface area contributed by atoms with Crippen molar-refractivity contribution in [1.82, 2.24) is 14.7 Å². The molecule has 1 aromatic heterocycles. The summed E-state index contributed by atoms with van der Waals surface area (Å²) in [5.74, 6) is 1.07. The highest BCUT2D eigenvalue weighted by atomic mass is 79.9. The first-order valence-electron chi connectivity index (χ1n) is 6.20. The monoisotopic (exact) mass is 335 g/mol. The van der Waals surface area contributed by atoms with E-state index in [2.05, 4.69) is 30.6 Å². The first-order chi connectivity index (χ1) is 8.53. The first-order valence-corrected chi connectivity index (χ1v) is 8.60. The molecule has 0 radical (unpaired) electrons. The highest BCUT2D eigenvalue weighted by molar-refractivity contribution is 9.09. The van der Waals surface area contributed by atoms with E-state index in [1.807, 2.05) is 6.92 Å². The number of alkyl halides is 1. The molecular weight excluding hydrogens is 318 g/mol. The summed E-state index contributed by atoms with van der Waals surface area (Å²) >= 11 is 3.59. The summed E-state index contributed by atoms with van der Waals surface area (Å²) in [6.07, 6.45) is 5.42. The van der Waals surface area contributed by atoms with E-state index in [1.54, 1.807) is 0 Å². The van der Waals surface area contributed by atoms with Crippen LogP contribution in [0, 0.1) is 5.92 Å². The van der Waals surface area contributed by atoms with Gasteiger partial charge in [-0.25, -0.2) is 18.1 Å². The Kier molecular flexibility index (Phi) is 4.45. The predicted octanol–water partition coefficient (Wildman–Crippen LogP) is 1.81. The predicted molar refractivity (Wildman–Crippen MR) is 73.2 cm³/mol. The van der Waals surface area contributed by atoms with Crippen LogP contribution in [0.4, 0.5) is 0 Å². The van der Waals surface area contributed by atoms with Gasteiger partial charge in [-0.15, -0.1) is 0 Å². The lowest BCUT2D eigenvalue weighted by Gasteiger charge is -2.14. The van der Waals surface area contributed by atoms with Gasteiger partial charge >= 0.3 is 0 Å². The Labute approximate surface area is 116 Å². The highest BCUT2D eigenvalue weighted by Gasteiger charge is 2.27. The number of hydrogen-bond donors (Lipinski definition) is 2. The number of nitrogens with one attached hydrogen (secondary N) is 2. The number of halogens is 1. The fourth-order valence-electron chi connectivity index (χ4n) is 2.18. The van der Waals surface area contributed by atoms with E-state index in [0.29, 0.717) is 29.5 Å². The third kappa shape index (κ3) is 3.13. The maximum atomic E-state index is 12.0. The smallest absolute Gasteiger partial charge is 0.257 e. The quantitative estimate of drug-likeness (QED) is 0.806. The SMILES string of the molecule is CCc1ncc(S(=O)(=O)NCC2CCCC2Br)[nH]1. The number of rotatable bonds is 5. The maximum absolute atomic E-state index is 12.0. The van der Waals surface area contributed by atoms with Crippen molar-refractivity contribution in [3.8, 4) is 0 Å². The van der Waals surface area contributed by atoms with E-state index in [1.165, 1.54) is 6.20 Å². The molecule has 18 heavy (non-hydrogen) atoms. The third-order valence-electron chi connectivity index (χ3n) is 3.33. The van der Waals surface area contributed by atoms with Crippen LogP contribution < -0.4 is 4.72 Å². The van der Waals surface area contributed by atoms with E-state index in [9.17, 15) is 8.42 Å². The number of aromatic amines is 1. The molecule has 1 heterocycles. The molecule has 0 spiro atoms. The zero-order chi connectivity index (χ0) is 13.2. The first kappa shape index (κ1) is 14.0. The average molecular weight is 336 g/mol. The second kappa shape index (κ2) is 5.71. The number of imidazole rings is 1. The molecule has 5 nitrogen and oxygen atoms in total. The minimum atomic E-state index is -3.45. The number of nitrogens with zero attached hydrogens (tertiary/aromatic N) is 1. The number of hydrogen-bond acceptors (Lipinski definition) is 3. The number of sulfonamides is 1. The molecule has 0 amide bonds. The van der Waals surface area contributed by atoms with Gasteiger partial charge in [0.15, 0.2) is 5.03 Å². The summed E-state index contributed by atoms with van der Waals surface area (Å²) in [5.41, 5.74) is 0. The minimum Gasteiger partial charge on any atom is -0.332 e. The Morgan fingerprint density at radius 3 is 2.89 bits per heavy atom. The van der Waals surface area contributed by atoms with Crippen molar-refractivity contribution in [2.75, 3.05) is 6.54 Å². The van der Waals surface area contributed by atoms with E-state index in [0.717, 1.165) is 19.3 Å². The van der Waals surface area contributed by atoms with Gasteiger partial charge in [-0.05, 0) is 18.8 Å². The van der Waals surface area contributed by atoms with Gasteiger partial charge in [0.25, 0.3) is 10.0 Å². The molecule has 1 aliphatic carbocycles. The second-order valence-corrected chi connectivity index (χ2v) is 7.52. The van der Waals surface area contributed by atoms with Crippen LogP contribution in [0.3, 0.4) is 0 Å². The Morgan fingerprint density at radius 1 is 1.56 bits per heavy atom. The molecule has 0 bridgehead atoms. The maximum Gasteiger partial charge on any atom is 0.257 e. The Bertz CT molecular complexity index is 500. The summed E-state index contributed by atoms with van der Waals surface area (Å²) in [6, 6.07) is 0. The van der Waals surface area contributed by atoms with E-state index < -0.39 is 10.0 Å². The molecule has 102 valence electrons. The number of aromatic nitrogens is 2. The summed E-state index contributed by atoms with van der Waals surface area (Å²) < 4.78 is 26.7. The molecule has 1 aliphatic rings. The van der Waals surface area contributed by atoms with Crippen molar-refractivity contribution in [1.29, 1.82) is 0 Å². The van der Waals surface area contributed by atoms with Gasteiger partial charge in [0.1, 0.15) is 5.82 Å². The van der Waals surface area contributed by atoms with E-state index in [4.69, 9.17) is 0 Å². The molecule has 0 aromatic carbocycles. The Hall–Kier alpha value is -0.400. The van der Waals surface area contributed by atoms with Gasteiger partial charge < -0.3 is 4.98 Å². The van der Waals surface area contributed by atoms with Crippen molar-refractivity contribution in [2.24, 2.45) is 5.92 Å². The van der Waals surface area contributed by atoms with Crippen LogP contribution in [-0.2, 0) is 16.4 Å². The molecule has 1 saturated carbocycles. The van der Waals surface area contributed by atoms with Crippen LogP contribution in [-0.4, -0.2) is 29.8 Å². The van der Waals surface area contributed by atoms with Crippen LogP contribution >= 0.6 is 15.9 Å². The van der Waals surface area contributed by atoms with Crippen LogP contribution in [0.5, 0.6) is 0 Å². The molecule has 2 rings (SSSR count). The molecular formula is C11H18BrN3O2S. The normalized spacial score (nSPS) is 24.6. The van der Waals surface area contributed by atoms with Gasteiger partial charge in [-0.2, -0.15) is 0 Å². The van der Waals surface area contributed by atoms with Crippen LogP contribution in [0.25, 0.3) is 0 Å². The number of aryl methyl sites for hydroxylation is 1. The standard InChI is InChI=1S/C11H18BrN3O2S/c1-2-10-13-7-11(15-10)18(16,17)14-6-8-4-3-5-9(8)12/h7-9,14H,2-6H2,1H3,(H,13,15). The van der Waals surface area contributed by atoms with Crippen molar-refractivity contribution in [3.63, 3.8) is 0 Å².